The predicted octanol–water partition coefficient (Wildman–Crippen LogP) is 7.69. The molecule has 8 rings (SSSR count). The highest BCUT2D eigenvalue weighted by Gasteiger charge is 2.51. The van der Waals surface area contributed by atoms with Crippen LogP contribution in [0.25, 0.3) is 5.69 Å². The maximum Gasteiger partial charge on any atom is 0.273 e. The minimum atomic E-state index is -2.94. The molecular weight excluding hydrogens is 774 g/mol. The van der Waals surface area contributed by atoms with Gasteiger partial charge in [0.1, 0.15) is 18.3 Å². The Morgan fingerprint density at radius 2 is 1.60 bits per heavy atom. The second-order valence-corrected chi connectivity index (χ2v) is 21.1. The van der Waals surface area contributed by atoms with Gasteiger partial charge in [-0.15, -0.1) is 0 Å². The first-order valence-corrected chi connectivity index (χ1v) is 21.9. The van der Waals surface area contributed by atoms with E-state index in [1.165, 1.54) is 16.7 Å². The molecule has 0 radical (unpaired) electrons. The Morgan fingerprint density at radius 3 is 2.19 bits per heavy atom. The first kappa shape index (κ1) is 38.8. The summed E-state index contributed by atoms with van der Waals surface area (Å²) in [6, 6.07) is 33.3. The van der Waals surface area contributed by atoms with Gasteiger partial charge in [0.25, 0.3) is 20.1 Å². The number of carbonyl (C=O) groups is 2. The van der Waals surface area contributed by atoms with E-state index in [2.05, 4.69) is 86.3 Å². The highest BCUT2D eigenvalue weighted by Crippen LogP contribution is 2.40. The normalized spacial score (nSPS) is 17.6. The molecule has 0 saturated carbocycles. The summed E-state index contributed by atoms with van der Waals surface area (Å²) < 4.78 is 11.1. The fourth-order valence-electron chi connectivity index (χ4n) is 8.51. The predicted molar refractivity (Wildman–Crippen MR) is 225 cm³/mol. The monoisotopic (exact) mass is 817 g/mol. The number of nitrogens with zero attached hydrogens (tertiary/aromatic N) is 7. The lowest BCUT2D eigenvalue weighted by Gasteiger charge is -2.45. The molecule has 0 aliphatic carbocycles. The number of aromatic nitrogens is 5. The van der Waals surface area contributed by atoms with Crippen LogP contribution in [0.15, 0.2) is 116 Å². The molecule has 0 N–H and O–H groups in total. The van der Waals surface area contributed by atoms with Gasteiger partial charge >= 0.3 is 0 Å². The fraction of sp³-hybridized carbons (Fsp3) is 0.295. The van der Waals surface area contributed by atoms with Crippen molar-refractivity contribution in [1.29, 1.82) is 0 Å². The zero-order valence-electron chi connectivity index (χ0n) is 32.6. The van der Waals surface area contributed by atoms with Crippen LogP contribution in [-0.2, 0) is 17.4 Å². The number of halogens is 2. The van der Waals surface area contributed by atoms with Gasteiger partial charge in [-0.3, -0.25) is 14.3 Å². The molecular formula is C44H45Cl2N7O3Si. The Bertz CT molecular complexity index is 2360. The van der Waals surface area contributed by atoms with Crippen LogP contribution in [-0.4, -0.2) is 73.7 Å². The van der Waals surface area contributed by atoms with E-state index in [1.807, 2.05) is 52.9 Å². The lowest BCUT2D eigenvalue weighted by atomic mass is 9.96. The maximum atomic E-state index is 15.0. The molecule has 0 saturated heterocycles. The minimum Gasteiger partial charge on any atom is -0.405 e. The van der Waals surface area contributed by atoms with Crippen molar-refractivity contribution in [3.05, 3.63) is 154 Å². The molecule has 0 fully saturated rings. The summed E-state index contributed by atoms with van der Waals surface area (Å²) in [5, 5.41) is 12.3. The smallest absolute Gasteiger partial charge is 0.273 e. The van der Waals surface area contributed by atoms with E-state index in [4.69, 9.17) is 32.7 Å². The summed E-state index contributed by atoms with van der Waals surface area (Å²) in [7, 11) is -2.94. The molecule has 2 amide bonds. The molecule has 57 heavy (non-hydrogen) atoms. The molecule has 2 aliphatic rings. The van der Waals surface area contributed by atoms with Gasteiger partial charge in [0.15, 0.2) is 0 Å². The SMILES string of the molecule is CC(c1ccc(-n2cncn2)cc1)N1C[C@@H](CO[Si](c2ccccc2)(c2ccccc2)C(C)(C)C)n2nc3c(c2C1=O)CN(C(=O)c1ccc(Cl)c(Cl)c1)[C@H](C)C3. The molecule has 6 aromatic rings. The first-order valence-electron chi connectivity index (χ1n) is 19.2. The Kier molecular flexibility index (Phi) is 10.4. The van der Waals surface area contributed by atoms with E-state index in [1.54, 1.807) is 34.1 Å². The molecule has 2 aliphatic heterocycles. The van der Waals surface area contributed by atoms with Gasteiger partial charge in [0, 0.05) is 30.1 Å². The van der Waals surface area contributed by atoms with Crippen LogP contribution in [0.2, 0.25) is 15.1 Å². The number of fused-ring (bicyclic) bond motifs is 3. The van der Waals surface area contributed by atoms with Crippen molar-refractivity contribution >= 4 is 53.7 Å². The van der Waals surface area contributed by atoms with Crippen LogP contribution >= 0.6 is 23.2 Å². The number of amides is 2. The lowest BCUT2D eigenvalue weighted by Crippen LogP contribution is -2.67. The van der Waals surface area contributed by atoms with Crippen molar-refractivity contribution in [3.8, 4) is 5.69 Å². The quantitative estimate of drug-likeness (QED) is 0.139. The van der Waals surface area contributed by atoms with Crippen molar-refractivity contribution in [2.24, 2.45) is 0 Å². The molecule has 4 heterocycles. The van der Waals surface area contributed by atoms with Gasteiger partial charge in [-0.05, 0) is 65.2 Å². The van der Waals surface area contributed by atoms with Gasteiger partial charge in [-0.1, -0.05) is 117 Å². The van der Waals surface area contributed by atoms with Crippen molar-refractivity contribution < 1.29 is 14.0 Å². The number of benzene rings is 4. The largest absolute Gasteiger partial charge is 0.405 e. The van der Waals surface area contributed by atoms with Crippen LogP contribution in [0.4, 0.5) is 0 Å². The second kappa shape index (κ2) is 15.4. The minimum absolute atomic E-state index is 0.130. The van der Waals surface area contributed by atoms with E-state index in [0.717, 1.165) is 22.5 Å². The number of hydrogen-bond acceptors (Lipinski definition) is 6. The molecule has 0 bridgehead atoms. The van der Waals surface area contributed by atoms with E-state index in [-0.39, 0.29) is 41.5 Å². The van der Waals surface area contributed by atoms with Crippen molar-refractivity contribution in [1.82, 2.24) is 34.3 Å². The molecule has 1 unspecified atom stereocenters. The van der Waals surface area contributed by atoms with E-state index in [9.17, 15) is 9.59 Å². The Morgan fingerprint density at radius 1 is 0.930 bits per heavy atom. The summed E-state index contributed by atoms with van der Waals surface area (Å²) >= 11 is 12.5. The van der Waals surface area contributed by atoms with Gasteiger partial charge in [-0.25, -0.2) is 9.67 Å². The average molecular weight is 819 g/mol. The third-order valence-electron chi connectivity index (χ3n) is 11.5. The van der Waals surface area contributed by atoms with Gasteiger partial charge in [0.05, 0.1) is 46.7 Å². The summed E-state index contributed by atoms with van der Waals surface area (Å²) in [5.74, 6) is -0.311. The van der Waals surface area contributed by atoms with Crippen LogP contribution < -0.4 is 10.4 Å². The third kappa shape index (κ3) is 7.00. The van der Waals surface area contributed by atoms with Crippen molar-refractivity contribution in [2.45, 2.75) is 70.7 Å². The summed E-state index contributed by atoms with van der Waals surface area (Å²) in [5.41, 5.74) is 4.38. The summed E-state index contributed by atoms with van der Waals surface area (Å²) in [4.78, 5) is 36.8. The zero-order chi connectivity index (χ0) is 40.1. The highest BCUT2D eigenvalue weighted by molar-refractivity contribution is 6.99. The van der Waals surface area contributed by atoms with Crippen molar-refractivity contribution in [2.75, 3.05) is 13.2 Å². The van der Waals surface area contributed by atoms with Crippen LogP contribution in [0.3, 0.4) is 0 Å². The third-order valence-corrected chi connectivity index (χ3v) is 17.3. The molecule has 10 nitrogen and oxygen atoms in total. The van der Waals surface area contributed by atoms with Crippen molar-refractivity contribution in [3.63, 3.8) is 0 Å². The number of rotatable bonds is 9. The van der Waals surface area contributed by atoms with E-state index >= 15 is 0 Å². The zero-order valence-corrected chi connectivity index (χ0v) is 35.2. The van der Waals surface area contributed by atoms with Crippen LogP contribution in [0.5, 0.6) is 0 Å². The van der Waals surface area contributed by atoms with E-state index in [0.29, 0.717) is 40.9 Å². The number of carbonyl (C=O) groups excluding carboxylic acids is 2. The topological polar surface area (TPSA) is 98.4 Å². The van der Waals surface area contributed by atoms with Crippen LogP contribution in [0.1, 0.15) is 84.4 Å². The molecule has 13 heteroatoms. The summed E-state index contributed by atoms with van der Waals surface area (Å²) in [6.07, 6.45) is 3.66. The molecule has 3 atom stereocenters. The van der Waals surface area contributed by atoms with Gasteiger partial charge in [-0.2, -0.15) is 10.2 Å². The van der Waals surface area contributed by atoms with Gasteiger partial charge in [0.2, 0.25) is 0 Å². The lowest BCUT2D eigenvalue weighted by molar-refractivity contribution is 0.0521. The Balaban J connectivity index is 1.20. The van der Waals surface area contributed by atoms with E-state index < -0.39 is 8.32 Å². The molecule has 2 aromatic heterocycles. The fourth-order valence-corrected chi connectivity index (χ4v) is 13.4. The highest BCUT2D eigenvalue weighted by atomic mass is 35.5. The maximum absolute atomic E-state index is 15.0. The average Bonchev–Trinajstić information content (AvgIpc) is 3.89. The Labute approximate surface area is 344 Å². The second-order valence-electron chi connectivity index (χ2n) is 16.0. The molecule has 292 valence electrons. The van der Waals surface area contributed by atoms with Crippen LogP contribution in [0, 0.1) is 0 Å². The number of hydrogen-bond donors (Lipinski definition) is 0. The standard InChI is InChI=1S/C44H45Cl2N7O3Si/c1-29-22-40-37(25-50(29)42(54)32-18-21-38(45)39(46)23-32)41-43(55)51(30(2)31-16-19-33(20-17-31)52-28-47-27-48-52)24-34(53(41)49-40)26-56-57(44(3,4)5,35-12-8-6-9-13-35)36-14-10-7-11-15-36/h6-21,23,27-30,34H,22,24-26H2,1-5H3/t29-,30?,34+/m1/s1. The Hall–Kier alpha value is -5.07. The molecule has 4 aromatic carbocycles. The molecule has 0 spiro atoms. The summed E-state index contributed by atoms with van der Waals surface area (Å²) in [6.45, 7) is 11.8. The first-order chi connectivity index (χ1) is 27.4. The van der Waals surface area contributed by atoms with Gasteiger partial charge < -0.3 is 14.2 Å².